The Morgan fingerprint density at radius 3 is 2.83 bits per heavy atom. The SMILES string of the molecule is CC1OCCC12CC(O)CCO2. The maximum atomic E-state index is 9.52. The molecular weight excluding hydrogens is 156 g/mol. The average molecular weight is 172 g/mol. The van der Waals surface area contributed by atoms with Crippen LogP contribution in [0.2, 0.25) is 0 Å². The van der Waals surface area contributed by atoms with E-state index in [4.69, 9.17) is 9.47 Å². The minimum atomic E-state index is -0.192. The normalized spacial score (nSPS) is 48.5. The van der Waals surface area contributed by atoms with Crippen LogP contribution in [-0.4, -0.2) is 36.1 Å². The number of ether oxygens (including phenoxy) is 2. The number of aliphatic hydroxyl groups excluding tert-OH is 1. The standard InChI is InChI=1S/C9H16O3/c1-7-9(3-5-11-7)6-8(10)2-4-12-9/h7-8,10H,2-6H2,1H3. The van der Waals surface area contributed by atoms with Crippen molar-refractivity contribution < 1.29 is 14.6 Å². The summed E-state index contributed by atoms with van der Waals surface area (Å²) in [5.41, 5.74) is -0.169. The van der Waals surface area contributed by atoms with Crippen LogP contribution in [-0.2, 0) is 9.47 Å². The van der Waals surface area contributed by atoms with Crippen LogP contribution in [0.4, 0.5) is 0 Å². The Morgan fingerprint density at radius 2 is 2.25 bits per heavy atom. The van der Waals surface area contributed by atoms with Gasteiger partial charge in [0.1, 0.15) is 0 Å². The zero-order valence-electron chi connectivity index (χ0n) is 7.45. The van der Waals surface area contributed by atoms with E-state index in [2.05, 4.69) is 0 Å². The van der Waals surface area contributed by atoms with Gasteiger partial charge in [-0.15, -0.1) is 0 Å². The van der Waals surface area contributed by atoms with Gasteiger partial charge >= 0.3 is 0 Å². The molecule has 1 N–H and O–H groups in total. The average Bonchev–Trinajstić information content (AvgIpc) is 2.33. The first-order valence-corrected chi connectivity index (χ1v) is 4.67. The lowest BCUT2D eigenvalue weighted by molar-refractivity contribution is -0.142. The Bertz CT molecular complexity index is 171. The Morgan fingerprint density at radius 1 is 1.42 bits per heavy atom. The molecule has 3 atom stereocenters. The largest absolute Gasteiger partial charge is 0.393 e. The van der Waals surface area contributed by atoms with Crippen molar-refractivity contribution in [2.75, 3.05) is 13.2 Å². The van der Waals surface area contributed by atoms with Crippen LogP contribution >= 0.6 is 0 Å². The molecule has 1 spiro atoms. The quantitative estimate of drug-likeness (QED) is 0.584. The molecule has 0 saturated carbocycles. The van der Waals surface area contributed by atoms with Gasteiger partial charge in [0.15, 0.2) is 0 Å². The molecule has 0 aromatic rings. The van der Waals surface area contributed by atoms with Crippen LogP contribution in [0.25, 0.3) is 0 Å². The zero-order valence-corrected chi connectivity index (χ0v) is 7.45. The fourth-order valence-corrected chi connectivity index (χ4v) is 2.18. The van der Waals surface area contributed by atoms with Crippen molar-refractivity contribution in [2.24, 2.45) is 0 Å². The minimum Gasteiger partial charge on any atom is -0.393 e. The lowest BCUT2D eigenvalue weighted by atomic mass is 9.86. The minimum absolute atomic E-state index is 0.146. The summed E-state index contributed by atoms with van der Waals surface area (Å²) in [7, 11) is 0. The predicted octanol–water partition coefficient (Wildman–Crippen LogP) is 0.705. The third-order valence-corrected chi connectivity index (χ3v) is 3.06. The van der Waals surface area contributed by atoms with E-state index in [1.54, 1.807) is 0 Å². The second-order valence-corrected chi connectivity index (χ2v) is 3.82. The van der Waals surface area contributed by atoms with Gasteiger partial charge in [0.2, 0.25) is 0 Å². The highest BCUT2D eigenvalue weighted by Crippen LogP contribution is 2.37. The highest BCUT2D eigenvalue weighted by Gasteiger charge is 2.45. The molecule has 12 heavy (non-hydrogen) atoms. The second kappa shape index (κ2) is 2.98. The van der Waals surface area contributed by atoms with Crippen molar-refractivity contribution in [3.63, 3.8) is 0 Å². The zero-order chi connectivity index (χ0) is 8.60. The maximum absolute atomic E-state index is 9.52. The van der Waals surface area contributed by atoms with Crippen LogP contribution < -0.4 is 0 Å². The Labute approximate surface area is 72.7 Å². The highest BCUT2D eigenvalue weighted by molar-refractivity contribution is 4.95. The molecule has 3 unspecified atom stereocenters. The van der Waals surface area contributed by atoms with E-state index in [0.29, 0.717) is 6.61 Å². The molecule has 0 bridgehead atoms. The van der Waals surface area contributed by atoms with Gasteiger partial charge in [-0.3, -0.25) is 0 Å². The lowest BCUT2D eigenvalue weighted by Gasteiger charge is -2.38. The van der Waals surface area contributed by atoms with E-state index in [9.17, 15) is 5.11 Å². The molecule has 0 aromatic heterocycles. The molecule has 2 aliphatic rings. The monoisotopic (exact) mass is 172 g/mol. The third-order valence-electron chi connectivity index (χ3n) is 3.06. The Kier molecular flexibility index (Phi) is 2.10. The molecule has 0 amide bonds. The van der Waals surface area contributed by atoms with Crippen molar-refractivity contribution in [3.05, 3.63) is 0 Å². The molecule has 0 aromatic carbocycles. The fraction of sp³-hybridized carbons (Fsp3) is 1.00. The van der Waals surface area contributed by atoms with E-state index in [1.165, 1.54) is 0 Å². The summed E-state index contributed by atoms with van der Waals surface area (Å²) < 4.78 is 11.2. The molecule has 0 radical (unpaired) electrons. The van der Waals surface area contributed by atoms with Crippen LogP contribution in [0, 0.1) is 0 Å². The van der Waals surface area contributed by atoms with Crippen LogP contribution in [0.5, 0.6) is 0 Å². The lowest BCUT2D eigenvalue weighted by Crippen LogP contribution is -2.46. The molecule has 2 fully saturated rings. The molecule has 2 aliphatic heterocycles. The summed E-state index contributed by atoms with van der Waals surface area (Å²) in [6.07, 6.45) is 2.41. The van der Waals surface area contributed by atoms with Gasteiger partial charge in [0.25, 0.3) is 0 Å². The van der Waals surface area contributed by atoms with Crippen molar-refractivity contribution in [2.45, 2.75) is 44.0 Å². The molecule has 2 saturated heterocycles. The molecule has 3 heteroatoms. The van der Waals surface area contributed by atoms with Crippen LogP contribution in [0.3, 0.4) is 0 Å². The van der Waals surface area contributed by atoms with Gasteiger partial charge < -0.3 is 14.6 Å². The van der Waals surface area contributed by atoms with Gasteiger partial charge in [0.05, 0.1) is 17.8 Å². The number of rotatable bonds is 0. The van der Waals surface area contributed by atoms with Gasteiger partial charge in [-0.25, -0.2) is 0 Å². The first kappa shape index (κ1) is 8.48. The van der Waals surface area contributed by atoms with E-state index < -0.39 is 0 Å². The van der Waals surface area contributed by atoms with E-state index in [0.717, 1.165) is 25.9 Å². The number of hydrogen-bond donors (Lipinski definition) is 1. The summed E-state index contributed by atoms with van der Waals surface area (Å²) in [5, 5.41) is 9.52. The van der Waals surface area contributed by atoms with Crippen LogP contribution in [0.15, 0.2) is 0 Å². The molecule has 3 nitrogen and oxygen atoms in total. The second-order valence-electron chi connectivity index (χ2n) is 3.82. The predicted molar refractivity (Wildman–Crippen MR) is 44.0 cm³/mol. The summed E-state index contributed by atoms with van der Waals surface area (Å²) in [4.78, 5) is 0. The van der Waals surface area contributed by atoms with Crippen molar-refractivity contribution >= 4 is 0 Å². The molecule has 0 aliphatic carbocycles. The molecule has 2 rings (SSSR count). The van der Waals surface area contributed by atoms with Crippen molar-refractivity contribution in [3.8, 4) is 0 Å². The van der Waals surface area contributed by atoms with E-state index in [1.807, 2.05) is 6.92 Å². The van der Waals surface area contributed by atoms with Gasteiger partial charge in [-0.05, 0) is 13.3 Å². The number of aliphatic hydroxyl groups is 1. The Balaban J connectivity index is 2.08. The van der Waals surface area contributed by atoms with Gasteiger partial charge in [0, 0.05) is 26.1 Å². The van der Waals surface area contributed by atoms with Gasteiger partial charge in [-0.2, -0.15) is 0 Å². The van der Waals surface area contributed by atoms with Crippen molar-refractivity contribution in [1.82, 2.24) is 0 Å². The smallest absolute Gasteiger partial charge is 0.0986 e. The first-order chi connectivity index (χ1) is 5.73. The van der Waals surface area contributed by atoms with Crippen LogP contribution in [0.1, 0.15) is 26.2 Å². The highest BCUT2D eigenvalue weighted by atomic mass is 16.6. The third kappa shape index (κ3) is 1.26. The number of hydrogen-bond acceptors (Lipinski definition) is 3. The molecular formula is C9H16O3. The fourth-order valence-electron chi connectivity index (χ4n) is 2.18. The van der Waals surface area contributed by atoms with E-state index >= 15 is 0 Å². The van der Waals surface area contributed by atoms with E-state index in [-0.39, 0.29) is 17.8 Å². The summed E-state index contributed by atoms with van der Waals surface area (Å²) in [6.45, 7) is 3.48. The summed E-state index contributed by atoms with van der Waals surface area (Å²) in [5.74, 6) is 0. The van der Waals surface area contributed by atoms with Crippen molar-refractivity contribution in [1.29, 1.82) is 0 Å². The maximum Gasteiger partial charge on any atom is 0.0986 e. The summed E-state index contributed by atoms with van der Waals surface area (Å²) >= 11 is 0. The molecule has 70 valence electrons. The van der Waals surface area contributed by atoms with Gasteiger partial charge in [-0.1, -0.05) is 0 Å². The topological polar surface area (TPSA) is 38.7 Å². The Hall–Kier alpha value is -0.120. The first-order valence-electron chi connectivity index (χ1n) is 4.67. The molecule has 2 heterocycles. The summed E-state index contributed by atoms with van der Waals surface area (Å²) in [6, 6.07) is 0.